The van der Waals surface area contributed by atoms with Gasteiger partial charge in [0.15, 0.2) is 10.9 Å². The van der Waals surface area contributed by atoms with E-state index in [9.17, 15) is 9.59 Å². The van der Waals surface area contributed by atoms with Crippen LogP contribution >= 0.6 is 0 Å². The van der Waals surface area contributed by atoms with Crippen molar-refractivity contribution in [2.24, 2.45) is 0 Å². The molecule has 11 rings (SSSR count). The van der Waals surface area contributed by atoms with Crippen LogP contribution in [0, 0.1) is 0 Å². The van der Waals surface area contributed by atoms with Crippen molar-refractivity contribution in [1.82, 2.24) is 4.40 Å². The summed E-state index contributed by atoms with van der Waals surface area (Å²) in [7, 11) is 0. The lowest BCUT2D eigenvalue weighted by Crippen LogP contribution is -2.45. The molecule has 0 N–H and O–H groups in total. The van der Waals surface area contributed by atoms with E-state index in [0.717, 1.165) is 27.5 Å². The van der Waals surface area contributed by atoms with Crippen molar-refractivity contribution in [3.63, 3.8) is 0 Å². The Bertz CT molecular complexity index is 2300. The predicted octanol–water partition coefficient (Wildman–Crippen LogP) is 6.06. The van der Waals surface area contributed by atoms with Gasteiger partial charge in [0.2, 0.25) is 0 Å². The Balaban J connectivity index is 1.65. The molecule has 3 nitrogen and oxygen atoms in total. The van der Waals surface area contributed by atoms with Crippen LogP contribution in [-0.4, -0.2) is 4.40 Å². The number of hydrogen-bond acceptors (Lipinski definition) is 2. The molecule has 2 bridgehead atoms. The summed E-state index contributed by atoms with van der Waals surface area (Å²) in [5.74, 6) is 0.109. The molecule has 5 aromatic carbocycles. The fourth-order valence-electron chi connectivity index (χ4n) is 8.23. The zero-order valence-electron chi connectivity index (χ0n) is 19.6. The summed E-state index contributed by atoms with van der Waals surface area (Å²) in [6.45, 7) is 0. The first-order chi connectivity index (χ1) is 18.2. The Hall–Kier alpha value is -4.76. The van der Waals surface area contributed by atoms with E-state index in [1.54, 1.807) is 0 Å². The normalized spacial score (nSPS) is 19.9. The minimum absolute atomic E-state index is 0.000279. The topological polar surface area (TPSA) is 38.5 Å². The molecule has 0 fully saturated rings. The first-order valence-corrected chi connectivity index (χ1v) is 12.7. The number of para-hydroxylation sites is 2. The van der Waals surface area contributed by atoms with Crippen molar-refractivity contribution in [2.75, 3.05) is 0 Å². The van der Waals surface area contributed by atoms with Gasteiger partial charge in [0.1, 0.15) is 0 Å². The Morgan fingerprint density at radius 1 is 0.486 bits per heavy atom. The summed E-state index contributed by atoms with van der Waals surface area (Å²) in [5, 5.41) is 2.64. The summed E-state index contributed by atoms with van der Waals surface area (Å²) in [4.78, 5) is 28.0. The van der Waals surface area contributed by atoms with Crippen LogP contribution in [0.5, 0.6) is 0 Å². The molecule has 0 saturated carbocycles. The Morgan fingerprint density at radius 3 is 1.70 bits per heavy atom. The molecule has 1 aliphatic heterocycles. The molecule has 4 aliphatic rings. The standard InChI is InChI=1S/C34H17NO2/c36-32-20-9-5-10-21-29(20)35-30-22(32)11-6-14-26(30)34-24-12-3-1-7-17(24)27(18-8-2-4-13-25(18)34)19-15-16-23(33(21)37)31(35)28(19)34/h1-16,27H. The third kappa shape index (κ3) is 1.68. The van der Waals surface area contributed by atoms with Gasteiger partial charge in [-0.3, -0.25) is 9.59 Å². The zero-order valence-corrected chi connectivity index (χ0v) is 19.6. The van der Waals surface area contributed by atoms with Crippen molar-refractivity contribution in [3.8, 4) is 0 Å². The van der Waals surface area contributed by atoms with Crippen molar-refractivity contribution in [1.29, 1.82) is 0 Å². The number of nitrogens with zero attached hydrogens (tertiary/aromatic N) is 1. The lowest BCUT2D eigenvalue weighted by Gasteiger charge is -2.53. The number of hydrogen-bond donors (Lipinski definition) is 0. The van der Waals surface area contributed by atoms with E-state index in [1.807, 2.05) is 36.4 Å². The molecule has 3 heterocycles. The second-order valence-electron chi connectivity index (χ2n) is 10.7. The van der Waals surface area contributed by atoms with E-state index in [2.05, 4.69) is 65.1 Å². The van der Waals surface area contributed by atoms with Gasteiger partial charge >= 0.3 is 0 Å². The second-order valence-corrected chi connectivity index (χ2v) is 10.7. The van der Waals surface area contributed by atoms with Gasteiger partial charge in [-0.2, -0.15) is 0 Å². The fraction of sp³-hybridized carbons (Fsp3) is 0.0588. The van der Waals surface area contributed by atoms with Crippen LogP contribution in [0.15, 0.2) is 107 Å². The molecule has 0 amide bonds. The van der Waals surface area contributed by atoms with E-state index >= 15 is 0 Å². The van der Waals surface area contributed by atoms with Crippen molar-refractivity contribution in [2.45, 2.75) is 11.3 Å². The first kappa shape index (κ1) is 18.5. The van der Waals surface area contributed by atoms with Gasteiger partial charge in [-0.05, 0) is 57.6 Å². The van der Waals surface area contributed by atoms with Crippen LogP contribution in [0.3, 0.4) is 0 Å². The summed E-state index contributed by atoms with van der Waals surface area (Å²) in [5.41, 5.74) is 10.8. The van der Waals surface area contributed by atoms with Gasteiger partial charge < -0.3 is 4.40 Å². The highest BCUT2D eigenvalue weighted by molar-refractivity contribution is 6.12. The molecule has 37 heavy (non-hydrogen) atoms. The van der Waals surface area contributed by atoms with E-state index in [0.29, 0.717) is 16.2 Å². The van der Waals surface area contributed by atoms with Crippen LogP contribution in [0.4, 0.5) is 0 Å². The molecule has 170 valence electrons. The van der Waals surface area contributed by atoms with Gasteiger partial charge in [0.25, 0.3) is 0 Å². The molecule has 3 heteroatoms. The van der Waals surface area contributed by atoms with Crippen LogP contribution in [-0.2, 0) is 5.41 Å². The number of aromatic nitrogens is 1. The Morgan fingerprint density at radius 2 is 1.03 bits per heavy atom. The molecule has 7 aromatic rings. The highest BCUT2D eigenvalue weighted by Crippen LogP contribution is 2.64. The predicted molar refractivity (Wildman–Crippen MR) is 146 cm³/mol. The molecule has 2 aromatic heterocycles. The van der Waals surface area contributed by atoms with Gasteiger partial charge in [-0.25, -0.2) is 0 Å². The monoisotopic (exact) mass is 471 g/mol. The van der Waals surface area contributed by atoms with Crippen molar-refractivity contribution in [3.05, 3.63) is 156 Å². The molecular weight excluding hydrogens is 454 g/mol. The first-order valence-electron chi connectivity index (χ1n) is 12.7. The third-order valence-corrected chi connectivity index (χ3v) is 9.37. The molecule has 0 unspecified atom stereocenters. The van der Waals surface area contributed by atoms with Crippen LogP contribution < -0.4 is 10.9 Å². The molecule has 0 atom stereocenters. The SMILES string of the molecule is O=c1c2cccc3c2n2c4c5c(ccc4c(=O)c4cccc1c42)C1c2ccccc2C35c2ccccc21. The number of rotatable bonds is 0. The highest BCUT2D eigenvalue weighted by Gasteiger charge is 2.55. The summed E-state index contributed by atoms with van der Waals surface area (Å²) < 4.78 is 2.25. The maximum absolute atomic E-state index is 14.0. The lowest BCUT2D eigenvalue weighted by molar-refractivity contribution is 0.631. The zero-order chi connectivity index (χ0) is 24.2. The lowest BCUT2D eigenvalue weighted by atomic mass is 9.50. The summed E-state index contributed by atoms with van der Waals surface area (Å²) in [6, 6.07) is 33.5. The fourth-order valence-corrected chi connectivity index (χ4v) is 8.23. The van der Waals surface area contributed by atoms with E-state index in [-0.39, 0.29) is 16.8 Å². The van der Waals surface area contributed by atoms with Crippen LogP contribution in [0.1, 0.15) is 44.9 Å². The minimum Gasteiger partial charge on any atom is -0.307 e. The molecule has 0 radical (unpaired) electrons. The Kier molecular flexibility index (Phi) is 2.81. The van der Waals surface area contributed by atoms with E-state index in [1.165, 1.54) is 33.4 Å². The summed E-state index contributed by atoms with van der Waals surface area (Å²) >= 11 is 0. The minimum atomic E-state index is -0.588. The third-order valence-electron chi connectivity index (χ3n) is 9.37. The number of pyridine rings is 2. The van der Waals surface area contributed by atoms with Crippen LogP contribution in [0.25, 0.3) is 38.1 Å². The number of benzene rings is 5. The highest BCUT2D eigenvalue weighted by atomic mass is 16.1. The quantitative estimate of drug-likeness (QED) is 0.199. The van der Waals surface area contributed by atoms with Gasteiger partial charge in [0, 0.05) is 33.0 Å². The molecular formula is C34H17NO2. The average Bonchev–Trinajstić information content (AvgIpc) is 2.96. The van der Waals surface area contributed by atoms with Gasteiger partial charge in [-0.15, -0.1) is 0 Å². The smallest absolute Gasteiger partial charge is 0.197 e. The van der Waals surface area contributed by atoms with Crippen molar-refractivity contribution >= 4 is 38.1 Å². The largest absolute Gasteiger partial charge is 0.307 e. The van der Waals surface area contributed by atoms with E-state index in [4.69, 9.17) is 0 Å². The maximum atomic E-state index is 14.0. The van der Waals surface area contributed by atoms with E-state index < -0.39 is 5.41 Å². The van der Waals surface area contributed by atoms with Gasteiger partial charge in [0.05, 0.1) is 22.0 Å². The summed E-state index contributed by atoms with van der Waals surface area (Å²) in [6.07, 6.45) is 0. The van der Waals surface area contributed by atoms with Crippen LogP contribution in [0.2, 0.25) is 0 Å². The molecule has 3 aliphatic carbocycles. The molecule has 1 spiro atoms. The molecule has 0 saturated heterocycles. The van der Waals surface area contributed by atoms with Gasteiger partial charge in [-0.1, -0.05) is 72.8 Å². The average molecular weight is 472 g/mol. The Labute approximate surface area is 210 Å². The second kappa shape index (κ2) is 5.63. The van der Waals surface area contributed by atoms with Crippen molar-refractivity contribution < 1.29 is 0 Å². The maximum Gasteiger partial charge on any atom is 0.197 e.